The van der Waals surface area contributed by atoms with Crippen molar-refractivity contribution >= 4 is 5.91 Å². The number of hydrogen-bond donors (Lipinski definition) is 1. The van der Waals surface area contributed by atoms with E-state index < -0.39 is 0 Å². The first-order valence-corrected chi connectivity index (χ1v) is 6.56. The summed E-state index contributed by atoms with van der Waals surface area (Å²) < 4.78 is 0. The van der Waals surface area contributed by atoms with Crippen LogP contribution in [0, 0.1) is 5.41 Å². The Morgan fingerprint density at radius 1 is 1.06 bits per heavy atom. The van der Waals surface area contributed by atoms with Crippen molar-refractivity contribution in [2.45, 2.75) is 53.0 Å². The number of carbonyl (C=O) groups is 1. The molecule has 1 N–H and O–H groups in total. The molecule has 0 radical (unpaired) electrons. The second-order valence-electron chi connectivity index (χ2n) is 7.32. The van der Waals surface area contributed by atoms with Gasteiger partial charge in [0.2, 0.25) is 0 Å². The Labute approximate surface area is 110 Å². The predicted octanol–water partition coefficient (Wildman–Crippen LogP) is 3.81. The lowest BCUT2D eigenvalue weighted by atomic mass is 9.80. The van der Waals surface area contributed by atoms with Gasteiger partial charge in [0.1, 0.15) is 0 Å². The minimum atomic E-state index is 0.0458. The van der Waals surface area contributed by atoms with E-state index in [1.54, 1.807) is 0 Å². The zero-order chi connectivity index (χ0) is 13.7. The highest BCUT2D eigenvalue weighted by Crippen LogP contribution is 2.39. The summed E-state index contributed by atoms with van der Waals surface area (Å²) in [6.07, 6.45) is 0. The Morgan fingerprint density at radius 3 is 2.17 bits per heavy atom. The van der Waals surface area contributed by atoms with Crippen LogP contribution in [0.3, 0.4) is 0 Å². The molecule has 2 heteroatoms. The van der Waals surface area contributed by atoms with Gasteiger partial charge in [0.15, 0.2) is 0 Å². The fourth-order valence-electron chi connectivity index (χ4n) is 2.44. The van der Waals surface area contributed by atoms with Crippen LogP contribution in [0.5, 0.6) is 0 Å². The molecule has 0 fully saturated rings. The minimum absolute atomic E-state index is 0.0458. The second-order valence-corrected chi connectivity index (χ2v) is 7.32. The summed E-state index contributed by atoms with van der Waals surface area (Å²) in [5, 5.41) is 3.10. The first-order valence-electron chi connectivity index (χ1n) is 6.56. The van der Waals surface area contributed by atoms with E-state index >= 15 is 0 Å². The van der Waals surface area contributed by atoms with Crippen molar-refractivity contribution in [3.63, 3.8) is 0 Å². The van der Waals surface area contributed by atoms with Crippen molar-refractivity contribution < 1.29 is 4.79 Å². The third-order valence-corrected chi connectivity index (χ3v) is 3.62. The maximum Gasteiger partial charge on any atom is 0.252 e. The highest BCUT2D eigenvalue weighted by Gasteiger charge is 2.36. The Hall–Kier alpha value is -1.31. The molecule has 0 saturated carbocycles. The standard InChI is InChI=1S/C16H23NO/c1-15(2,3)10-7-8-11-12(9-10)14(18)17-13(11)16(4,5)6/h7-9,13H,1-6H3,(H,17,18). The average molecular weight is 245 g/mol. The van der Waals surface area contributed by atoms with Gasteiger partial charge in [-0.2, -0.15) is 0 Å². The summed E-state index contributed by atoms with van der Waals surface area (Å²) in [5.41, 5.74) is 3.33. The van der Waals surface area contributed by atoms with Crippen molar-refractivity contribution in [1.82, 2.24) is 5.32 Å². The lowest BCUT2D eigenvalue weighted by Gasteiger charge is -2.28. The van der Waals surface area contributed by atoms with Crippen LogP contribution in [0.25, 0.3) is 0 Å². The number of carbonyl (C=O) groups excluding carboxylic acids is 1. The second kappa shape index (κ2) is 3.84. The number of benzene rings is 1. The number of nitrogens with one attached hydrogen (secondary N) is 1. The normalized spacial score (nSPS) is 19.7. The molecule has 0 spiro atoms. The third kappa shape index (κ3) is 2.16. The average Bonchev–Trinajstić information content (AvgIpc) is 2.54. The van der Waals surface area contributed by atoms with Crippen LogP contribution < -0.4 is 5.32 Å². The summed E-state index contributed by atoms with van der Waals surface area (Å²) in [6.45, 7) is 13.0. The summed E-state index contributed by atoms with van der Waals surface area (Å²) in [4.78, 5) is 12.1. The maximum absolute atomic E-state index is 12.1. The van der Waals surface area contributed by atoms with Crippen LogP contribution in [0.2, 0.25) is 0 Å². The maximum atomic E-state index is 12.1. The van der Waals surface area contributed by atoms with Gasteiger partial charge in [-0.3, -0.25) is 4.79 Å². The Morgan fingerprint density at radius 2 is 1.67 bits per heavy atom. The predicted molar refractivity (Wildman–Crippen MR) is 74.8 cm³/mol. The SMILES string of the molecule is CC(C)(C)c1ccc2c(c1)C(=O)NC2C(C)(C)C. The van der Waals surface area contributed by atoms with Gasteiger partial charge in [0, 0.05) is 5.56 Å². The zero-order valence-electron chi connectivity index (χ0n) is 12.2. The van der Waals surface area contributed by atoms with Crippen molar-refractivity contribution in [2.24, 2.45) is 5.41 Å². The largest absolute Gasteiger partial charge is 0.345 e. The van der Waals surface area contributed by atoms with E-state index in [0.717, 1.165) is 11.1 Å². The van der Waals surface area contributed by atoms with Crippen molar-refractivity contribution in [2.75, 3.05) is 0 Å². The van der Waals surface area contributed by atoms with Crippen molar-refractivity contribution in [3.05, 3.63) is 34.9 Å². The van der Waals surface area contributed by atoms with Crippen LogP contribution in [0.15, 0.2) is 18.2 Å². The molecule has 0 bridgehead atoms. The van der Waals surface area contributed by atoms with Crippen LogP contribution in [0.1, 0.15) is 69.1 Å². The molecule has 0 saturated heterocycles. The molecule has 1 heterocycles. The van der Waals surface area contributed by atoms with Gasteiger partial charge in [-0.15, -0.1) is 0 Å². The summed E-state index contributed by atoms with van der Waals surface area (Å²) in [5.74, 6) is 0.0658. The van der Waals surface area contributed by atoms with E-state index in [1.165, 1.54) is 5.56 Å². The molecule has 1 aliphatic heterocycles. The molecule has 18 heavy (non-hydrogen) atoms. The molecule has 2 rings (SSSR count). The van der Waals surface area contributed by atoms with Gasteiger partial charge in [0.25, 0.3) is 5.91 Å². The van der Waals surface area contributed by atoms with Crippen LogP contribution in [-0.4, -0.2) is 5.91 Å². The minimum Gasteiger partial charge on any atom is -0.345 e. The van der Waals surface area contributed by atoms with Crippen molar-refractivity contribution in [1.29, 1.82) is 0 Å². The van der Waals surface area contributed by atoms with Crippen LogP contribution >= 0.6 is 0 Å². The van der Waals surface area contributed by atoms with Crippen LogP contribution in [-0.2, 0) is 5.41 Å². The Kier molecular flexibility index (Phi) is 2.80. The number of hydrogen-bond acceptors (Lipinski definition) is 1. The number of amides is 1. The van der Waals surface area contributed by atoms with Gasteiger partial charge in [0.05, 0.1) is 6.04 Å². The lowest BCUT2D eigenvalue weighted by Crippen LogP contribution is -2.29. The van der Waals surface area contributed by atoms with Crippen molar-refractivity contribution in [3.8, 4) is 0 Å². The van der Waals surface area contributed by atoms with Gasteiger partial charge < -0.3 is 5.32 Å². The van der Waals surface area contributed by atoms with Gasteiger partial charge in [-0.1, -0.05) is 53.7 Å². The first-order chi connectivity index (χ1) is 8.10. The Bertz CT molecular complexity index is 489. The van der Waals surface area contributed by atoms with Gasteiger partial charge in [-0.05, 0) is 28.0 Å². The quantitative estimate of drug-likeness (QED) is 0.739. The van der Waals surface area contributed by atoms with E-state index in [0.29, 0.717) is 0 Å². The molecular weight excluding hydrogens is 222 g/mol. The summed E-state index contributed by atoms with van der Waals surface area (Å²) in [7, 11) is 0. The first kappa shape index (κ1) is 13.1. The Balaban J connectivity index is 2.50. The van der Waals surface area contributed by atoms with E-state index in [4.69, 9.17) is 0 Å². The van der Waals surface area contributed by atoms with Crippen LogP contribution in [0.4, 0.5) is 0 Å². The molecule has 0 aliphatic carbocycles. The molecule has 1 unspecified atom stereocenters. The molecule has 1 aromatic rings. The molecular formula is C16H23NO. The van der Waals surface area contributed by atoms with E-state index in [2.05, 4.69) is 65.1 Å². The summed E-state index contributed by atoms with van der Waals surface area (Å²) in [6, 6.07) is 6.44. The third-order valence-electron chi connectivity index (χ3n) is 3.62. The lowest BCUT2D eigenvalue weighted by molar-refractivity contribution is 0.0933. The topological polar surface area (TPSA) is 29.1 Å². The van der Waals surface area contributed by atoms with E-state index in [-0.39, 0.29) is 22.8 Å². The van der Waals surface area contributed by atoms with E-state index in [9.17, 15) is 4.79 Å². The summed E-state index contributed by atoms with van der Waals surface area (Å²) >= 11 is 0. The number of fused-ring (bicyclic) bond motifs is 1. The molecule has 1 atom stereocenters. The molecule has 1 aromatic carbocycles. The molecule has 0 aromatic heterocycles. The van der Waals surface area contributed by atoms with Gasteiger partial charge >= 0.3 is 0 Å². The zero-order valence-corrected chi connectivity index (χ0v) is 12.2. The van der Waals surface area contributed by atoms with E-state index in [1.807, 2.05) is 0 Å². The molecule has 2 nitrogen and oxygen atoms in total. The van der Waals surface area contributed by atoms with Gasteiger partial charge in [-0.25, -0.2) is 0 Å². The molecule has 1 aliphatic rings. The highest BCUT2D eigenvalue weighted by atomic mass is 16.2. The number of rotatable bonds is 0. The molecule has 98 valence electrons. The smallest absolute Gasteiger partial charge is 0.252 e. The fraction of sp³-hybridized carbons (Fsp3) is 0.562. The fourth-order valence-corrected chi connectivity index (χ4v) is 2.44. The molecule has 1 amide bonds. The monoisotopic (exact) mass is 245 g/mol. The highest BCUT2D eigenvalue weighted by molar-refractivity contribution is 5.99.